The Morgan fingerprint density at radius 3 is 2.56 bits per heavy atom. The topological polar surface area (TPSA) is 82.0 Å². The third kappa shape index (κ3) is 3.83. The number of rotatable bonds is 5. The molecule has 0 atom stereocenters. The molecule has 2 aromatic carbocycles. The van der Waals surface area contributed by atoms with Gasteiger partial charge in [-0.05, 0) is 75.1 Å². The molecule has 34 heavy (non-hydrogen) atoms. The highest BCUT2D eigenvalue weighted by Crippen LogP contribution is 2.32. The maximum absolute atomic E-state index is 13.9. The van der Waals surface area contributed by atoms with Crippen LogP contribution < -0.4 is 11.3 Å². The molecule has 5 aromatic rings. The van der Waals surface area contributed by atoms with Gasteiger partial charge in [-0.25, -0.2) is 4.98 Å². The molecule has 5 rings (SSSR count). The zero-order chi connectivity index (χ0) is 24.0. The summed E-state index contributed by atoms with van der Waals surface area (Å²) in [6, 6.07) is 16.9. The van der Waals surface area contributed by atoms with Gasteiger partial charge in [-0.15, -0.1) is 0 Å². The number of nitrogen functional groups attached to an aromatic ring is 1. The molecular formula is C26H25ClN6O. The molecule has 3 aromatic heterocycles. The lowest BCUT2D eigenvalue weighted by atomic mass is 10.0. The Morgan fingerprint density at radius 1 is 1.06 bits per heavy atom. The number of nitrogens with two attached hydrogens (primary N) is 1. The smallest absolute Gasteiger partial charge is 0.266 e. The van der Waals surface area contributed by atoms with E-state index in [0.717, 1.165) is 40.6 Å². The Bertz CT molecular complexity index is 1580. The lowest BCUT2D eigenvalue weighted by Crippen LogP contribution is -2.23. The fraction of sp³-hybridized carbons (Fsp3) is 0.192. The number of halogens is 1. The van der Waals surface area contributed by atoms with Crippen molar-refractivity contribution in [2.45, 2.75) is 13.5 Å². The number of fused-ring (bicyclic) bond motifs is 2. The van der Waals surface area contributed by atoms with Gasteiger partial charge in [0.1, 0.15) is 5.65 Å². The van der Waals surface area contributed by atoms with Crippen molar-refractivity contribution in [1.29, 1.82) is 0 Å². The molecule has 0 bridgehead atoms. The SMILES string of the molecule is Cc1ccc2c(N)c(-c3ccc4c(cnn4CCN(C)C)c3)c(=O)n(-c3ccc(Cl)cc3)c2n1. The molecule has 0 spiro atoms. The molecule has 0 unspecified atom stereocenters. The van der Waals surface area contributed by atoms with Gasteiger partial charge in [-0.1, -0.05) is 17.7 Å². The van der Waals surface area contributed by atoms with E-state index in [1.54, 1.807) is 16.7 Å². The Labute approximate surface area is 202 Å². The van der Waals surface area contributed by atoms with Gasteiger partial charge in [-0.3, -0.25) is 14.0 Å². The van der Waals surface area contributed by atoms with Crippen molar-refractivity contribution in [3.05, 3.63) is 81.9 Å². The van der Waals surface area contributed by atoms with Crippen LogP contribution in [0.4, 0.5) is 5.69 Å². The average molecular weight is 473 g/mol. The van der Waals surface area contributed by atoms with E-state index in [1.807, 2.05) is 74.4 Å². The van der Waals surface area contributed by atoms with E-state index in [2.05, 4.69) is 15.0 Å². The van der Waals surface area contributed by atoms with Gasteiger partial charge >= 0.3 is 0 Å². The van der Waals surface area contributed by atoms with Crippen LogP contribution >= 0.6 is 11.6 Å². The number of hydrogen-bond acceptors (Lipinski definition) is 5. The standard InChI is InChI=1S/C26H25ClN6O/c1-16-4-10-21-24(28)23(26(34)33(25(21)30-16)20-8-6-19(27)7-9-20)17-5-11-22-18(14-17)15-29-32(22)13-12-31(2)3/h4-11,14-15H,12-13,28H2,1-3H3. The lowest BCUT2D eigenvalue weighted by molar-refractivity contribution is 0.377. The molecule has 0 amide bonds. The number of nitrogens with zero attached hydrogens (tertiary/aromatic N) is 5. The summed E-state index contributed by atoms with van der Waals surface area (Å²) in [7, 11) is 4.07. The number of likely N-dealkylation sites (N-methyl/N-ethyl adjacent to an activating group) is 1. The highest BCUT2D eigenvalue weighted by molar-refractivity contribution is 6.30. The molecule has 0 aliphatic heterocycles. The van der Waals surface area contributed by atoms with E-state index >= 15 is 0 Å². The van der Waals surface area contributed by atoms with Crippen molar-refractivity contribution in [2.24, 2.45) is 0 Å². The Kier molecular flexibility index (Phi) is 5.59. The number of hydrogen-bond donors (Lipinski definition) is 1. The quantitative estimate of drug-likeness (QED) is 0.407. The Hall–Kier alpha value is -3.68. The first-order valence-electron chi connectivity index (χ1n) is 11.0. The van der Waals surface area contributed by atoms with Gasteiger partial charge in [0.25, 0.3) is 5.56 Å². The molecule has 0 saturated carbocycles. The van der Waals surface area contributed by atoms with Crippen molar-refractivity contribution in [1.82, 2.24) is 24.2 Å². The Morgan fingerprint density at radius 2 is 1.82 bits per heavy atom. The Balaban J connectivity index is 1.74. The highest BCUT2D eigenvalue weighted by atomic mass is 35.5. The van der Waals surface area contributed by atoms with Gasteiger partial charge in [-0.2, -0.15) is 5.10 Å². The fourth-order valence-electron chi connectivity index (χ4n) is 4.21. The van der Waals surface area contributed by atoms with Gasteiger partial charge in [0.15, 0.2) is 0 Å². The van der Waals surface area contributed by atoms with Gasteiger partial charge < -0.3 is 10.6 Å². The van der Waals surface area contributed by atoms with Crippen molar-refractivity contribution in [3.8, 4) is 16.8 Å². The van der Waals surface area contributed by atoms with Crippen LogP contribution in [0.15, 0.2) is 65.6 Å². The summed E-state index contributed by atoms with van der Waals surface area (Å²) in [5, 5.41) is 6.80. The summed E-state index contributed by atoms with van der Waals surface area (Å²) < 4.78 is 3.58. The van der Waals surface area contributed by atoms with E-state index < -0.39 is 0 Å². The molecule has 8 heteroatoms. The number of anilines is 1. The summed E-state index contributed by atoms with van der Waals surface area (Å²) in [6.45, 7) is 3.55. The van der Waals surface area contributed by atoms with Crippen molar-refractivity contribution in [2.75, 3.05) is 26.4 Å². The second-order valence-corrected chi connectivity index (χ2v) is 9.11. The molecule has 2 N–H and O–H groups in total. The number of aryl methyl sites for hydroxylation is 1. The van der Waals surface area contributed by atoms with E-state index in [9.17, 15) is 4.79 Å². The van der Waals surface area contributed by atoms with Crippen LogP contribution in [0.1, 0.15) is 5.69 Å². The summed E-state index contributed by atoms with van der Waals surface area (Å²) in [4.78, 5) is 20.7. The third-order valence-corrected chi connectivity index (χ3v) is 6.23. The summed E-state index contributed by atoms with van der Waals surface area (Å²) in [5.74, 6) is 0. The number of aromatic nitrogens is 4. The van der Waals surface area contributed by atoms with Crippen molar-refractivity contribution < 1.29 is 0 Å². The second kappa shape index (κ2) is 8.59. The van der Waals surface area contributed by atoms with Gasteiger partial charge in [0, 0.05) is 28.0 Å². The molecule has 172 valence electrons. The normalized spacial score (nSPS) is 11.7. The summed E-state index contributed by atoms with van der Waals surface area (Å²) in [5.41, 5.74) is 11.0. The first-order chi connectivity index (χ1) is 16.3. The lowest BCUT2D eigenvalue weighted by Gasteiger charge is -2.16. The molecule has 3 heterocycles. The van der Waals surface area contributed by atoms with E-state index in [1.165, 1.54) is 0 Å². The predicted octanol–water partition coefficient (Wildman–Crippen LogP) is 4.51. The number of benzene rings is 2. The highest BCUT2D eigenvalue weighted by Gasteiger charge is 2.19. The fourth-order valence-corrected chi connectivity index (χ4v) is 4.33. The van der Waals surface area contributed by atoms with Crippen molar-refractivity contribution >= 4 is 39.2 Å². The zero-order valence-electron chi connectivity index (χ0n) is 19.3. The maximum Gasteiger partial charge on any atom is 0.266 e. The monoisotopic (exact) mass is 472 g/mol. The van der Waals surface area contributed by atoms with Crippen LogP contribution in [-0.4, -0.2) is 44.9 Å². The van der Waals surface area contributed by atoms with Crippen LogP contribution in [0, 0.1) is 6.92 Å². The minimum absolute atomic E-state index is 0.232. The van der Waals surface area contributed by atoms with Crippen LogP contribution in [0.2, 0.25) is 5.02 Å². The first kappa shape index (κ1) is 22.1. The first-order valence-corrected chi connectivity index (χ1v) is 11.4. The molecule has 7 nitrogen and oxygen atoms in total. The molecule has 0 radical (unpaired) electrons. The molecule has 0 saturated heterocycles. The molecule has 0 aliphatic rings. The van der Waals surface area contributed by atoms with Gasteiger partial charge in [0.05, 0.1) is 35.2 Å². The third-order valence-electron chi connectivity index (χ3n) is 5.98. The largest absolute Gasteiger partial charge is 0.397 e. The van der Waals surface area contributed by atoms with E-state index in [0.29, 0.717) is 27.6 Å². The number of pyridine rings is 2. The minimum atomic E-state index is -0.232. The molecule has 0 aliphatic carbocycles. The zero-order valence-corrected chi connectivity index (χ0v) is 20.0. The molecule has 0 fully saturated rings. The predicted molar refractivity (Wildman–Crippen MR) is 139 cm³/mol. The van der Waals surface area contributed by atoms with E-state index in [-0.39, 0.29) is 5.56 Å². The average Bonchev–Trinajstić information content (AvgIpc) is 3.21. The maximum atomic E-state index is 13.9. The van der Waals surface area contributed by atoms with Gasteiger partial charge in [0.2, 0.25) is 0 Å². The van der Waals surface area contributed by atoms with Crippen LogP contribution in [-0.2, 0) is 6.54 Å². The minimum Gasteiger partial charge on any atom is -0.397 e. The van der Waals surface area contributed by atoms with Crippen LogP contribution in [0.3, 0.4) is 0 Å². The van der Waals surface area contributed by atoms with Crippen LogP contribution in [0.25, 0.3) is 38.8 Å². The summed E-state index contributed by atoms with van der Waals surface area (Å²) >= 11 is 6.10. The van der Waals surface area contributed by atoms with Crippen molar-refractivity contribution in [3.63, 3.8) is 0 Å². The van der Waals surface area contributed by atoms with E-state index in [4.69, 9.17) is 17.3 Å². The molecular weight excluding hydrogens is 448 g/mol. The van der Waals surface area contributed by atoms with Crippen LogP contribution in [0.5, 0.6) is 0 Å². The second-order valence-electron chi connectivity index (χ2n) is 8.67. The summed E-state index contributed by atoms with van der Waals surface area (Å²) in [6.07, 6.45) is 1.83.